The average Bonchev–Trinajstić information content (AvgIpc) is 2.60. The molecule has 0 spiro atoms. The molecule has 0 bridgehead atoms. The van der Waals surface area contributed by atoms with Gasteiger partial charge in [-0.3, -0.25) is 4.79 Å². The number of rotatable bonds is 5. The molecule has 2 N–H and O–H groups in total. The number of carbonyl (C=O) groups excluding carboxylic acids is 1. The lowest BCUT2D eigenvalue weighted by Gasteiger charge is -2.19. The van der Waals surface area contributed by atoms with Crippen LogP contribution in [0.5, 0.6) is 0 Å². The molecule has 1 aromatic heterocycles. The van der Waals surface area contributed by atoms with Crippen molar-refractivity contribution in [3.05, 3.63) is 17.0 Å². The minimum absolute atomic E-state index is 0.0199. The van der Waals surface area contributed by atoms with Crippen LogP contribution in [-0.4, -0.2) is 19.5 Å². The van der Waals surface area contributed by atoms with Crippen LogP contribution in [-0.2, 0) is 4.79 Å². The molecular weight excluding hydrogens is 220 g/mol. The monoisotopic (exact) mass is 240 g/mol. The Balaban J connectivity index is 2.66. The maximum absolute atomic E-state index is 12.0. The van der Waals surface area contributed by atoms with Crippen LogP contribution in [0.3, 0.4) is 0 Å². The molecule has 0 radical (unpaired) electrons. The maximum atomic E-state index is 12.0. The van der Waals surface area contributed by atoms with Gasteiger partial charge >= 0.3 is 0 Å². The van der Waals surface area contributed by atoms with Crippen molar-refractivity contribution in [1.82, 2.24) is 5.32 Å². The fourth-order valence-corrected chi connectivity index (χ4v) is 2.38. The molecule has 4 heteroatoms. The Kier molecular flexibility index (Phi) is 4.96. The van der Waals surface area contributed by atoms with Crippen LogP contribution in [0.1, 0.15) is 19.4 Å². The van der Waals surface area contributed by atoms with Crippen LogP contribution >= 0.6 is 11.3 Å². The first-order valence-electron chi connectivity index (χ1n) is 5.55. The van der Waals surface area contributed by atoms with E-state index in [1.165, 1.54) is 0 Å². The lowest BCUT2D eigenvalue weighted by molar-refractivity contribution is -0.120. The molecule has 3 nitrogen and oxygen atoms in total. The summed E-state index contributed by atoms with van der Waals surface area (Å²) in [6.07, 6.45) is 0. The van der Waals surface area contributed by atoms with E-state index in [-0.39, 0.29) is 11.8 Å². The van der Waals surface area contributed by atoms with Gasteiger partial charge < -0.3 is 10.6 Å². The van der Waals surface area contributed by atoms with Gasteiger partial charge in [0.15, 0.2) is 0 Å². The minimum atomic E-state index is 0.0199. The van der Waals surface area contributed by atoms with Crippen LogP contribution in [0.15, 0.2) is 11.4 Å². The number of hydrogen-bond acceptors (Lipinski definition) is 3. The molecule has 1 aromatic rings. The lowest BCUT2D eigenvalue weighted by atomic mass is 9.95. The number of carbonyl (C=O) groups is 1. The molecule has 1 atom stereocenters. The molecule has 1 heterocycles. The van der Waals surface area contributed by atoms with Gasteiger partial charge in [-0.2, -0.15) is 0 Å². The fourth-order valence-electron chi connectivity index (χ4n) is 1.56. The standard InChI is InChI=1S/C12H20N2OS/c1-8(2)10(7-13-4)11(15)14-12-9(3)5-6-16-12/h5-6,8,10,13H,7H2,1-4H3,(H,14,15). The number of hydrogen-bond donors (Lipinski definition) is 2. The Labute approximate surface area is 101 Å². The summed E-state index contributed by atoms with van der Waals surface area (Å²) in [6.45, 7) is 6.87. The maximum Gasteiger partial charge on any atom is 0.229 e. The van der Waals surface area contributed by atoms with E-state index in [0.29, 0.717) is 12.5 Å². The third-order valence-corrected chi connectivity index (χ3v) is 3.60. The van der Waals surface area contributed by atoms with Crippen molar-refractivity contribution in [2.24, 2.45) is 11.8 Å². The first-order chi connectivity index (χ1) is 7.56. The third kappa shape index (κ3) is 3.32. The quantitative estimate of drug-likeness (QED) is 0.830. The van der Waals surface area contributed by atoms with E-state index in [1.807, 2.05) is 25.4 Å². The van der Waals surface area contributed by atoms with Crippen molar-refractivity contribution in [3.8, 4) is 0 Å². The summed E-state index contributed by atoms with van der Waals surface area (Å²) in [4.78, 5) is 12.0. The SMILES string of the molecule is CNCC(C(=O)Nc1sccc1C)C(C)C. The van der Waals surface area contributed by atoms with Gasteiger partial charge in [-0.05, 0) is 36.9 Å². The van der Waals surface area contributed by atoms with Crippen molar-refractivity contribution >= 4 is 22.2 Å². The fraction of sp³-hybridized carbons (Fsp3) is 0.583. The van der Waals surface area contributed by atoms with Gasteiger partial charge in [-0.15, -0.1) is 11.3 Å². The highest BCUT2D eigenvalue weighted by atomic mass is 32.1. The summed E-state index contributed by atoms with van der Waals surface area (Å²) in [6, 6.07) is 2.02. The number of amides is 1. The molecule has 0 aliphatic rings. The van der Waals surface area contributed by atoms with Gasteiger partial charge in [0.25, 0.3) is 0 Å². The smallest absolute Gasteiger partial charge is 0.229 e. The number of aryl methyl sites for hydroxylation is 1. The Hall–Kier alpha value is -0.870. The van der Waals surface area contributed by atoms with E-state index in [4.69, 9.17) is 0 Å². The van der Waals surface area contributed by atoms with Crippen LogP contribution in [0.25, 0.3) is 0 Å². The second kappa shape index (κ2) is 6.01. The van der Waals surface area contributed by atoms with E-state index in [2.05, 4.69) is 24.5 Å². The van der Waals surface area contributed by atoms with Crippen LogP contribution in [0.4, 0.5) is 5.00 Å². The zero-order valence-electron chi connectivity index (χ0n) is 10.3. The molecule has 0 saturated heterocycles. The number of thiophene rings is 1. The molecule has 1 rings (SSSR count). The molecule has 90 valence electrons. The van der Waals surface area contributed by atoms with Gasteiger partial charge in [0, 0.05) is 6.54 Å². The first-order valence-corrected chi connectivity index (χ1v) is 6.43. The Morgan fingerprint density at radius 3 is 2.62 bits per heavy atom. The second-order valence-electron chi connectivity index (χ2n) is 4.33. The summed E-state index contributed by atoms with van der Waals surface area (Å²) >= 11 is 1.57. The molecule has 0 aliphatic carbocycles. The number of anilines is 1. The van der Waals surface area contributed by atoms with Crippen LogP contribution in [0.2, 0.25) is 0 Å². The van der Waals surface area contributed by atoms with E-state index >= 15 is 0 Å². The van der Waals surface area contributed by atoms with Crippen molar-refractivity contribution in [2.45, 2.75) is 20.8 Å². The Morgan fingerprint density at radius 2 is 2.19 bits per heavy atom. The van der Waals surface area contributed by atoms with Crippen LogP contribution < -0.4 is 10.6 Å². The van der Waals surface area contributed by atoms with Crippen molar-refractivity contribution in [2.75, 3.05) is 18.9 Å². The van der Waals surface area contributed by atoms with Crippen molar-refractivity contribution < 1.29 is 4.79 Å². The summed E-state index contributed by atoms with van der Waals surface area (Å²) < 4.78 is 0. The third-order valence-electron chi connectivity index (χ3n) is 2.66. The normalized spacial score (nSPS) is 12.8. The molecule has 1 unspecified atom stereocenters. The largest absolute Gasteiger partial charge is 0.319 e. The first kappa shape index (κ1) is 13.2. The minimum Gasteiger partial charge on any atom is -0.319 e. The topological polar surface area (TPSA) is 41.1 Å². The highest BCUT2D eigenvalue weighted by Crippen LogP contribution is 2.23. The van der Waals surface area contributed by atoms with E-state index in [1.54, 1.807) is 11.3 Å². The summed E-state index contributed by atoms with van der Waals surface area (Å²) in [5, 5.41) is 9.02. The van der Waals surface area contributed by atoms with E-state index < -0.39 is 0 Å². The van der Waals surface area contributed by atoms with Gasteiger partial charge in [-0.25, -0.2) is 0 Å². The second-order valence-corrected chi connectivity index (χ2v) is 5.25. The highest BCUT2D eigenvalue weighted by Gasteiger charge is 2.21. The molecule has 0 saturated carbocycles. The van der Waals surface area contributed by atoms with Crippen molar-refractivity contribution in [1.29, 1.82) is 0 Å². The Morgan fingerprint density at radius 1 is 1.50 bits per heavy atom. The zero-order chi connectivity index (χ0) is 12.1. The average molecular weight is 240 g/mol. The molecule has 0 aromatic carbocycles. The van der Waals surface area contributed by atoms with Gasteiger partial charge in [0.2, 0.25) is 5.91 Å². The Bertz CT molecular complexity index is 347. The summed E-state index contributed by atoms with van der Waals surface area (Å²) in [5.74, 6) is 0.467. The predicted molar refractivity (Wildman–Crippen MR) is 69.9 cm³/mol. The van der Waals surface area contributed by atoms with E-state index in [0.717, 1.165) is 10.6 Å². The van der Waals surface area contributed by atoms with Gasteiger partial charge in [-0.1, -0.05) is 13.8 Å². The molecular formula is C12H20N2OS. The van der Waals surface area contributed by atoms with Crippen molar-refractivity contribution in [3.63, 3.8) is 0 Å². The molecule has 1 amide bonds. The van der Waals surface area contributed by atoms with Crippen LogP contribution in [0, 0.1) is 18.8 Å². The predicted octanol–water partition coefficient (Wildman–Crippen LogP) is 2.49. The zero-order valence-corrected chi connectivity index (χ0v) is 11.1. The molecule has 0 aliphatic heterocycles. The summed E-state index contributed by atoms with van der Waals surface area (Å²) in [7, 11) is 1.87. The summed E-state index contributed by atoms with van der Waals surface area (Å²) in [5.41, 5.74) is 1.13. The highest BCUT2D eigenvalue weighted by molar-refractivity contribution is 7.14. The van der Waals surface area contributed by atoms with Gasteiger partial charge in [0.1, 0.15) is 0 Å². The van der Waals surface area contributed by atoms with Gasteiger partial charge in [0.05, 0.1) is 10.9 Å². The molecule has 16 heavy (non-hydrogen) atoms. The lowest BCUT2D eigenvalue weighted by Crippen LogP contribution is -2.34. The molecule has 0 fully saturated rings. The van der Waals surface area contributed by atoms with E-state index in [9.17, 15) is 4.79 Å². The number of nitrogens with one attached hydrogen (secondary N) is 2.